The Morgan fingerprint density at radius 2 is 1.88 bits per heavy atom. The average Bonchev–Trinajstić information content (AvgIpc) is 3.40. The first-order valence-electron chi connectivity index (χ1n) is 10.2. The molecular weight excluding hydrogens is 487 g/mol. The molecule has 1 saturated heterocycles. The summed E-state index contributed by atoms with van der Waals surface area (Å²) < 4.78 is 17.1. The van der Waals surface area contributed by atoms with E-state index < -0.39 is 0 Å². The second-order valence-corrected chi connectivity index (χ2v) is 8.95. The van der Waals surface area contributed by atoms with Crippen LogP contribution in [0.5, 0.6) is 0 Å². The number of anilines is 1. The third kappa shape index (κ3) is 3.72. The molecule has 0 unspecified atom stereocenters. The Bertz CT molecular complexity index is 1290. The van der Waals surface area contributed by atoms with Gasteiger partial charge in [-0.15, -0.1) is 0 Å². The molecule has 160 valence electrons. The van der Waals surface area contributed by atoms with Crippen molar-refractivity contribution in [3.8, 4) is 5.69 Å². The second kappa shape index (κ2) is 8.48. The lowest BCUT2D eigenvalue weighted by molar-refractivity contribution is 0.548. The van der Waals surface area contributed by atoms with E-state index in [0.29, 0.717) is 5.11 Å². The number of pyridine rings is 1. The van der Waals surface area contributed by atoms with Gasteiger partial charge in [-0.05, 0) is 85.4 Å². The van der Waals surface area contributed by atoms with E-state index in [4.69, 9.17) is 12.2 Å². The maximum absolute atomic E-state index is 14.0. The minimum atomic E-state index is -0.274. The van der Waals surface area contributed by atoms with E-state index in [9.17, 15) is 4.39 Å². The fourth-order valence-corrected chi connectivity index (χ4v) is 4.80. The molecule has 0 bridgehead atoms. The molecule has 0 radical (unpaired) electrons. The Morgan fingerprint density at radius 1 is 1.00 bits per heavy atom. The highest BCUT2D eigenvalue weighted by molar-refractivity contribution is 9.10. The molecule has 2 aromatic carbocycles. The molecule has 2 aromatic heterocycles. The highest BCUT2D eigenvalue weighted by Crippen LogP contribution is 2.42. The SMILES string of the molecule is Cc1cc(N2C(=S)N[C@@H](c3ccccn3)[C@H]2c2cccn2-c2cccc(F)c2)ccc1Br. The summed E-state index contributed by atoms with van der Waals surface area (Å²) in [6, 6.07) is 22.3. The standard InChI is InChI=1S/C25H20BrFN4S/c1-16-14-19(10-11-20(16)26)31-24(23(29-25(31)32)21-8-2-3-12-28-21)22-9-5-13-30(22)18-7-4-6-17(27)15-18/h2-15,23-24H,1H3,(H,29,32)/t23-,24+/m0/s1. The third-order valence-electron chi connectivity index (χ3n) is 5.69. The largest absolute Gasteiger partial charge is 0.351 e. The summed E-state index contributed by atoms with van der Waals surface area (Å²) in [6.45, 7) is 2.06. The Balaban J connectivity index is 1.68. The first-order valence-corrected chi connectivity index (χ1v) is 11.4. The molecule has 32 heavy (non-hydrogen) atoms. The van der Waals surface area contributed by atoms with Crippen molar-refractivity contribution in [1.29, 1.82) is 0 Å². The Kier molecular flexibility index (Phi) is 5.53. The summed E-state index contributed by atoms with van der Waals surface area (Å²) in [6.07, 6.45) is 3.74. The number of nitrogens with zero attached hydrogens (tertiary/aromatic N) is 3. The number of benzene rings is 2. The Hall–Kier alpha value is -3.03. The molecule has 1 aliphatic rings. The quantitative estimate of drug-likeness (QED) is 0.331. The van der Waals surface area contributed by atoms with Gasteiger partial charge in [-0.25, -0.2) is 4.39 Å². The summed E-state index contributed by atoms with van der Waals surface area (Å²) in [5, 5.41) is 4.10. The van der Waals surface area contributed by atoms with E-state index in [-0.39, 0.29) is 17.9 Å². The maximum atomic E-state index is 14.0. The zero-order chi connectivity index (χ0) is 22.2. The molecule has 3 heterocycles. The highest BCUT2D eigenvalue weighted by atomic mass is 79.9. The van der Waals surface area contributed by atoms with Gasteiger partial charge >= 0.3 is 0 Å². The molecule has 0 amide bonds. The number of thiocarbonyl (C=S) groups is 1. The number of hydrogen-bond donors (Lipinski definition) is 1. The van der Waals surface area contributed by atoms with Crippen LogP contribution in [0.1, 0.15) is 29.0 Å². The summed E-state index contributed by atoms with van der Waals surface area (Å²) in [4.78, 5) is 6.73. The van der Waals surface area contributed by atoms with E-state index in [1.54, 1.807) is 12.3 Å². The van der Waals surface area contributed by atoms with Gasteiger partial charge in [0.2, 0.25) is 0 Å². The molecule has 0 saturated carbocycles. The summed E-state index contributed by atoms with van der Waals surface area (Å²) in [7, 11) is 0. The molecular formula is C25H20BrFN4S. The van der Waals surface area contributed by atoms with Crippen LogP contribution in [0, 0.1) is 12.7 Å². The summed E-state index contributed by atoms with van der Waals surface area (Å²) in [5.41, 5.74) is 4.74. The van der Waals surface area contributed by atoms with Gasteiger partial charge in [0, 0.05) is 33.9 Å². The zero-order valence-corrected chi connectivity index (χ0v) is 19.6. The number of nitrogens with one attached hydrogen (secondary N) is 1. The third-order valence-corrected chi connectivity index (χ3v) is 6.89. The molecule has 0 spiro atoms. The van der Waals surface area contributed by atoms with Crippen molar-refractivity contribution in [2.75, 3.05) is 4.90 Å². The van der Waals surface area contributed by atoms with Crippen molar-refractivity contribution in [3.63, 3.8) is 0 Å². The van der Waals surface area contributed by atoms with Crippen molar-refractivity contribution in [2.24, 2.45) is 0 Å². The number of rotatable bonds is 4. The van der Waals surface area contributed by atoms with Crippen molar-refractivity contribution in [3.05, 3.63) is 112 Å². The van der Waals surface area contributed by atoms with E-state index in [0.717, 1.165) is 32.8 Å². The number of hydrogen-bond acceptors (Lipinski definition) is 2. The van der Waals surface area contributed by atoms with Gasteiger partial charge in [-0.1, -0.05) is 28.1 Å². The number of aryl methyl sites for hydroxylation is 1. The Labute approximate surface area is 199 Å². The lowest BCUT2D eigenvalue weighted by Gasteiger charge is -2.29. The van der Waals surface area contributed by atoms with Crippen molar-refractivity contribution >= 4 is 38.9 Å². The van der Waals surface area contributed by atoms with Crippen LogP contribution in [0.4, 0.5) is 10.1 Å². The van der Waals surface area contributed by atoms with Gasteiger partial charge in [0.25, 0.3) is 0 Å². The van der Waals surface area contributed by atoms with Crippen LogP contribution in [-0.2, 0) is 0 Å². The summed E-state index contributed by atoms with van der Waals surface area (Å²) >= 11 is 9.40. The fourth-order valence-electron chi connectivity index (χ4n) is 4.21. The molecule has 5 rings (SSSR count). The van der Waals surface area contributed by atoms with Gasteiger partial charge in [0.15, 0.2) is 5.11 Å². The topological polar surface area (TPSA) is 33.1 Å². The lowest BCUT2D eigenvalue weighted by Crippen LogP contribution is -2.30. The van der Waals surface area contributed by atoms with Crippen LogP contribution in [-0.4, -0.2) is 14.7 Å². The minimum Gasteiger partial charge on any atom is -0.351 e. The van der Waals surface area contributed by atoms with Crippen LogP contribution in [0.15, 0.2) is 89.7 Å². The first kappa shape index (κ1) is 20.8. The molecule has 4 nitrogen and oxygen atoms in total. The maximum Gasteiger partial charge on any atom is 0.174 e. The predicted molar refractivity (Wildman–Crippen MR) is 133 cm³/mol. The van der Waals surface area contributed by atoms with Crippen LogP contribution < -0.4 is 10.2 Å². The van der Waals surface area contributed by atoms with Crippen LogP contribution in [0.3, 0.4) is 0 Å². The first-order chi connectivity index (χ1) is 15.5. The number of halogens is 2. The van der Waals surface area contributed by atoms with Crippen LogP contribution in [0.2, 0.25) is 0 Å². The van der Waals surface area contributed by atoms with Crippen molar-refractivity contribution in [2.45, 2.75) is 19.0 Å². The molecule has 2 atom stereocenters. The monoisotopic (exact) mass is 506 g/mol. The van der Waals surface area contributed by atoms with E-state index in [2.05, 4.69) is 50.2 Å². The predicted octanol–water partition coefficient (Wildman–Crippen LogP) is 6.26. The van der Waals surface area contributed by atoms with Crippen molar-refractivity contribution in [1.82, 2.24) is 14.9 Å². The van der Waals surface area contributed by atoms with Gasteiger partial charge in [0.05, 0.1) is 11.7 Å². The minimum absolute atomic E-state index is 0.171. The smallest absolute Gasteiger partial charge is 0.174 e. The van der Waals surface area contributed by atoms with Gasteiger partial charge < -0.3 is 14.8 Å². The van der Waals surface area contributed by atoms with Gasteiger partial charge in [0.1, 0.15) is 11.9 Å². The van der Waals surface area contributed by atoms with Crippen LogP contribution in [0.25, 0.3) is 5.69 Å². The summed E-state index contributed by atoms with van der Waals surface area (Å²) in [5.74, 6) is -0.274. The van der Waals surface area contributed by atoms with E-state index in [1.165, 1.54) is 12.1 Å². The van der Waals surface area contributed by atoms with Gasteiger partial charge in [-0.2, -0.15) is 0 Å². The second-order valence-electron chi connectivity index (χ2n) is 7.71. The molecule has 1 aliphatic heterocycles. The molecule has 4 aromatic rings. The number of aromatic nitrogens is 2. The Morgan fingerprint density at radius 3 is 2.62 bits per heavy atom. The highest BCUT2D eigenvalue weighted by Gasteiger charge is 2.42. The zero-order valence-electron chi connectivity index (χ0n) is 17.2. The average molecular weight is 507 g/mol. The van der Waals surface area contributed by atoms with E-state index in [1.807, 2.05) is 53.2 Å². The fraction of sp³-hybridized carbons (Fsp3) is 0.120. The normalized spacial score (nSPS) is 18.1. The van der Waals surface area contributed by atoms with E-state index >= 15 is 0 Å². The van der Waals surface area contributed by atoms with Crippen molar-refractivity contribution < 1.29 is 4.39 Å². The lowest BCUT2D eigenvalue weighted by atomic mass is 10.0. The molecule has 0 aliphatic carbocycles. The van der Waals surface area contributed by atoms with Gasteiger partial charge in [-0.3, -0.25) is 4.98 Å². The molecule has 1 N–H and O–H groups in total. The van der Waals surface area contributed by atoms with Crippen LogP contribution >= 0.6 is 28.1 Å². The molecule has 1 fully saturated rings. The molecule has 7 heteroatoms.